The van der Waals surface area contributed by atoms with Gasteiger partial charge in [-0.05, 0) is 38.8 Å². The van der Waals surface area contributed by atoms with Crippen LogP contribution in [0.3, 0.4) is 0 Å². The summed E-state index contributed by atoms with van der Waals surface area (Å²) >= 11 is 0. The molecule has 3 amide bonds. The van der Waals surface area contributed by atoms with Crippen molar-refractivity contribution >= 4 is 29.4 Å². The quantitative estimate of drug-likeness (QED) is 0.631. The van der Waals surface area contributed by atoms with Crippen molar-refractivity contribution in [2.45, 2.75) is 51.7 Å². The van der Waals surface area contributed by atoms with E-state index in [1.54, 1.807) is 24.3 Å². The summed E-state index contributed by atoms with van der Waals surface area (Å²) in [5.41, 5.74) is 0.590. The molecule has 144 valence electrons. The topological polar surface area (TPSA) is 92.8 Å². The molecule has 4 atom stereocenters. The third-order valence-electron chi connectivity index (χ3n) is 5.31. The molecule has 27 heavy (non-hydrogen) atoms. The Hall–Kier alpha value is -2.70. The Morgan fingerprint density at radius 2 is 1.59 bits per heavy atom. The molecule has 3 rings (SSSR count). The number of esters is 1. The van der Waals surface area contributed by atoms with Gasteiger partial charge in [0.2, 0.25) is 11.8 Å². The number of imide groups is 1. The average molecular weight is 372 g/mol. The van der Waals surface area contributed by atoms with Crippen LogP contribution in [-0.4, -0.2) is 40.7 Å². The Bertz CT molecular complexity index is 724. The molecule has 1 saturated carbocycles. The number of carbonyl (C=O) groups excluding carboxylic acids is 4. The number of ether oxygens (including phenoxy) is 1. The van der Waals surface area contributed by atoms with Crippen molar-refractivity contribution in [2.24, 2.45) is 11.8 Å². The van der Waals surface area contributed by atoms with Gasteiger partial charge in [0.15, 0.2) is 6.10 Å². The summed E-state index contributed by atoms with van der Waals surface area (Å²) < 4.78 is 5.21. The Kier molecular flexibility index (Phi) is 5.58. The van der Waals surface area contributed by atoms with Crippen molar-refractivity contribution in [2.75, 3.05) is 5.32 Å². The molecule has 1 heterocycles. The molecule has 2 aliphatic rings. The van der Waals surface area contributed by atoms with Gasteiger partial charge >= 0.3 is 5.97 Å². The highest BCUT2D eigenvalue weighted by Gasteiger charge is 2.51. The summed E-state index contributed by atoms with van der Waals surface area (Å²) in [6.45, 7) is 2.92. The lowest BCUT2D eigenvalue weighted by molar-refractivity contribution is -0.163. The van der Waals surface area contributed by atoms with E-state index in [9.17, 15) is 19.2 Å². The molecule has 0 unspecified atom stereocenters. The van der Waals surface area contributed by atoms with Gasteiger partial charge in [0.1, 0.15) is 6.04 Å². The Labute approximate surface area is 158 Å². The third-order valence-corrected chi connectivity index (χ3v) is 5.31. The second-order valence-electron chi connectivity index (χ2n) is 7.15. The number of likely N-dealkylation sites (tertiary alicyclic amines) is 1. The van der Waals surface area contributed by atoms with Crippen LogP contribution >= 0.6 is 0 Å². The zero-order valence-corrected chi connectivity index (χ0v) is 15.5. The molecule has 1 aromatic carbocycles. The number of benzene rings is 1. The number of hydrogen-bond donors (Lipinski definition) is 1. The van der Waals surface area contributed by atoms with Crippen LogP contribution < -0.4 is 5.32 Å². The largest absolute Gasteiger partial charge is 0.451 e. The molecular weight excluding hydrogens is 348 g/mol. The van der Waals surface area contributed by atoms with E-state index in [1.165, 1.54) is 13.8 Å². The van der Waals surface area contributed by atoms with Crippen molar-refractivity contribution in [3.05, 3.63) is 30.3 Å². The first-order valence-electron chi connectivity index (χ1n) is 9.33. The summed E-state index contributed by atoms with van der Waals surface area (Å²) in [5.74, 6) is -2.47. The zero-order valence-electron chi connectivity index (χ0n) is 15.5. The number of nitrogens with one attached hydrogen (secondary N) is 1. The fraction of sp³-hybridized carbons (Fsp3) is 0.500. The fourth-order valence-electron chi connectivity index (χ4n) is 3.77. The van der Waals surface area contributed by atoms with Crippen LogP contribution in [0.15, 0.2) is 30.3 Å². The number of nitrogens with zero attached hydrogens (tertiary/aromatic N) is 1. The molecular formula is C20H24N2O5. The highest BCUT2D eigenvalue weighted by atomic mass is 16.5. The minimum Gasteiger partial charge on any atom is -0.451 e. The number of anilines is 1. The van der Waals surface area contributed by atoms with Gasteiger partial charge in [0.05, 0.1) is 11.8 Å². The Morgan fingerprint density at radius 3 is 2.15 bits per heavy atom. The van der Waals surface area contributed by atoms with Crippen LogP contribution in [0.2, 0.25) is 0 Å². The molecule has 0 bridgehead atoms. The van der Waals surface area contributed by atoms with E-state index in [-0.39, 0.29) is 23.7 Å². The van der Waals surface area contributed by atoms with Crippen molar-refractivity contribution in [3.8, 4) is 0 Å². The average Bonchev–Trinajstić information content (AvgIpc) is 2.93. The SMILES string of the molecule is C[C@H](OC(=O)[C@H](C)N1C(=O)[C@H]2CCCC[C@H]2C1=O)C(=O)Nc1ccccc1. The number of hydrogen-bond acceptors (Lipinski definition) is 5. The first-order valence-corrected chi connectivity index (χ1v) is 9.33. The maximum Gasteiger partial charge on any atom is 0.329 e. The minimum atomic E-state index is -1.05. The molecule has 1 aliphatic heterocycles. The van der Waals surface area contributed by atoms with E-state index >= 15 is 0 Å². The van der Waals surface area contributed by atoms with Crippen molar-refractivity contribution in [1.82, 2.24) is 4.90 Å². The van der Waals surface area contributed by atoms with Gasteiger partial charge in [-0.1, -0.05) is 31.0 Å². The molecule has 1 N–H and O–H groups in total. The molecule has 0 radical (unpaired) electrons. The van der Waals surface area contributed by atoms with Crippen molar-refractivity contribution < 1.29 is 23.9 Å². The fourth-order valence-corrected chi connectivity index (χ4v) is 3.77. The third kappa shape index (κ3) is 3.86. The number of fused-ring (bicyclic) bond motifs is 1. The lowest BCUT2D eigenvalue weighted by atomic mass is 9.81. The number of carbonyl (C=O) groups is 4. The molecule has 1 aliphatic carbocycles. The standard InChI is InChI=1S/C20H24N2O5/c1-12(22-18(24)15-10-6-7-11-16(15)19(22)25)20(26)27-13(2)17(23)21-14-8-4-3-5-9-14/h3-5,8-9,12-13,15-16H,6-7,10-11H2,1-2H3,(H,21,23)/t12-,13-,15-,16+/m0/s1. The molecule has 0 spiro atoms. The van der Waals surface area contributed by atoms with E-state index in [2.05, 4.69) is 5.32 Å². The molecule has 1 aromatic rings. The Morgan fingerprint density at radius 1 is 1.04 bits per heavy atom. The predicted octanol–water partition coefficient (Wildman–Crippen LogP) is 2.12. The first kappa shape index (κ1) is 19.1. The summed E-state index contributed by atoms with van der Waals surface area (Å²) in [7, 11) is 0. The molecule has 1 saturated heterocycles. The van der Waals surface area contributed by atoms with Crippen LogP contribution in [0.1, 0.15) is 39.5 Å². The second-order valence-corrected chi connectivity index (χ2v) is 7.15. The highest BCUT2D eigenvalue weighted by molar-refractivity contribution is 6.08. The van der Waals surface area contributed by atoms with Crippen molar-refractivity contribution in [1.29, 1.82) is 0 Å². The van der Waals surface area contributed by atoms with Crippen LogP contribution in [0, 0.1) is 11.8 Å². The molecule has 7 heteroatoms. The van der Waals surface area contributed by atoms with Gasteiger partial charge in [-0.2, -0.15) is 0 Å². The lowest BCUT2D eigenvalue weighted by Crippen LogP contribution is -2.46. The van der Waals surface area contributed by atoms with Gasteiger partial charge < -0.3 is 10.1 Å². The van der Waals surface area contributed by atoms with Gasteiger partial charge in [0.25, 0.3) is 5.91 Å². The smallest absolute Gasteiger partial charge is 0.329 e. The molecule has 0 aromatic heterocycles. The second kappa shape index (κ2) is 7.90. The maximum atomic E-state index is 12.6. The summed E-state index contributed by atoms with van der Waals surface area (Å²) in [5, 5.41) is 2.65. The molecule has 2 fully saturated rings. The Balaban J connectivity index is 1.61. The van der Waals surface area contributed by atoms with Gasteiger partial charge in [-0.3, -0.25) is 19.3 Å². The maximum absolute atomic E-state index is 12.6. The van der Waals surface area contributed by atoms with E-state index in [4.69, 9.17) is 4.74 Å². The zero-order chi connectivity index (χ0) is 19.6. The lowest BCUT2D eigenvalue weighted by Gasteiger charge is -2.23. The van der Waals surface area contributed by atoms with E-state index < -0.39 is 24.0 Å². The van der Waals surface area contributed by atoms with E-state index in [0.717, 1.165) is 17.7 Å². The van der Waals surface area contributed by atoms with Crippen LogP contribution in [-0.2, 0) is 23.9 Å². The number of amides is 3. The highest BCUT2D eigenvalue weighted by Crippen LogP contribution is 2.38. The van der Waals surface area contributed by atoms with Gasteiger partial charge in [-0.15, -0.1) is 0 Å². The van der Waals surface area contributed by atoms with E-state index in [1.807, 2.05) is 6.07 Å². The predicted molar refractivity (Wildman–Crippen MR) is 97.4 cm³/mol. The summed E-state index contributed by atoms with van der Waals surface area (Å²) in [6.07, 6.45) is 2.16. The minimum absolute atomic E-state index is 0.296. The monoisotopic (exact) mass is 372 g/mol. The number of para-hydroxylation sites is 1. The van der Waals surface area contributed by atoms with Crippen LogP contribution in [0.5, 0.6) is 0 Å². The van der Waals surface area contributed by atoms with Crippen LogP contribution in [0.25, 0.3) is 0 Å². The van der Waals surface area contributed by atoms with Crippen LogP contribution in [0.4, 0.5) is 5.69 Å². The normalized spacial score (nSPS) is 24.1. The van der Waals surface area contributed by atoms with Gasteiger partial charge in [-0.25, -0.2) is 4.79 Å². The summed E-state index contributed by atoms with van der Waals surface area (Å²) in [4.78, 5) is 50.8. The van der Waals surface area contributed by atoms with Gasteiger partial charge in [0, 0.05) is 5.69 Å². The number of rotatable bonds is 5. The molecule has 7 nitrogen and oxygen atoms in total. The summed E-state index contributed by atoms with van der Waals surface area (Å²) in [6, 6.07) is 7.78. The van der Waals surface area contributed by atoms with Crippen molar-refractivity contribution in [3.63, 3.8) is 0 Å². The van der Waals surface area contributed by atoms with E-state index in [0.29, 0.717) is 18.5 Å². The first-order chi connectivity index (χ1) is 12.9.